The van der Waals surface area contributed by atoms with E-state index in [2.05, 4.69) is 10.3 Å². The smallest absolute Gasteiger partial charge is 0.264 e. The molecular weight excluding hydrogens is 362 g/mol. The van der Waals surface area contributed by atoms with E-state index in [0.717, 1.165) is 11.3 Å². The topological polar surface area (TPSA) is 84.2 Å². The van der Waals surface area contributed by atoms with E-state index in [9.17, 15) is 4.79 Å². The van der Waals surface area contributed by atoms with Gasteiger partial charge in [0.1, 0.15) is 0 Å². The number of aryl methyl sites for hydroxylation is 1. The predicted molar refractivity (Wildman–Crippen MR) is 104 cm³/mol. The fraction of sp³-hybridized carbons (Fsp3) is 0.150. The molecule has 1 N–H and O–H groups in total. The third-order valence-corrected chi connectivity index (χ3v) is 4.51. The molecule has 1 amide bonds. The van der Waals surface area contributed by atoms with Gasteiger partial charge in [0.05, 0.1) is 24.4 Å². The van der Waals surface area contributed by atoms with E-state index in [1.807, 2.05) is 42.6 Å². The Hall–Kier alpha value is -3.37. The highest BCUT2D eigenvalue weighted by atomic mass is 32.1. The molecule has 1 heterocycles. The Morgan fingerprint density at radius 3 is 2.70 bits per heavy atom. The molecule has 0 saturated heterocycles. The van der Waals surface area contributed by atoms with Gasteiger partial charge in [-0.15, -0.1) is 11.3 Å². The summed E-state index contributed by atoms with van der Waals surface area (Å²) in [6, 6.07) is 14.8. The van der Waals surface area contributed by atoms with E-state index >= 15 is 0 Å². The number of nitrogens with zero attached hydrogens (tertiary/aromatic N) is 2. The zero-order chi connectivity index (χ0) is 19.2. The summed E-state index contributed by atoms with van der Waals surface area (Å²) in [5, 5.41) is 14.0. The van der Waals surface area contributed by atoms with Gasteiger partial charge < -0.3 is 9.47 Å². The van der Waals surface area contributed by atoms with Crippen molar-refractivity contribution < 1.29 is 14.3 Å². The first-order valence-electron chi connectivity index (χ1n) is 8.12. The second-order valence-corrected chi connectivity index (χ2v) is 6.58. The van der Waals surface area contributed by atoms with Gasteiger partial charge in [-0.1, -0.05) is 29.8 Å². The van der Waals surface area contributed by atoms with Crippen LogP contribution in [0.3, 0.4) is 0 Å². The van der Waals surface area contributed by atoms with Crippen molar-refractivity contribution in [1.82, 2.24) is 4.98 Å². The van der Waals surface area contributed by atoms with Crippen molar-refractivity contribution in [3.05, 3.63) is 59.0 Å². The summed E-state index contributed by atoms with van der Waals surface area (Å²) in [5.41, 5.74) is 3.44. The maximum Gasteiger partial charge on any atom is 0.264 e. The average Bonchev–Trinajstić information content (AvgIpc) is 3.15. The first-order chi connectivity index (χ1) is 13.1. The molecule has 1 aromatic heterocycles. The number of methoxy groups -OCH3 is 1. The Bertz CT molecular complexity index is 990. The lowest BCUT2D eigenvalue weighted by Crippen LogP contribution is -2.20. The molecule has 0 aliphatic carbocycles. The number of hydrogen-bond acceptors (Lipinski definition) is 6. The standard InChI is InChI=1S/C20H17N3O3S/c1-13-3-6-15(7-4-13)16-12-27-20(22-16)23-19(24)11-26-17-8-5-14(10-21)9-18(17)25-2/h3-9,12H,11H2,1-2H3,(H,22,23,24). The Morgan fingerprint density at radius 1 is 1.22 bits per heavy atom. The molecule has 0 unspecified atom stereocenters. The normalized spacial score (nSPS) is 10.1. The fourth-order valence-corrected chi connectivity index (χ4v) is 3.08. The molecule has 0 atom stereocenters. The van der Waals surface area contributed by atoms with Crippen LogP contribution in [0.1, 0.15) is 11.1 Å². The number of carbonyl (C=O) groups excluding carboxylic acids is 1. The Kier molecular flexibility index (Phi) is 5.69. The lowest BCUT2D eigenvalue weighted by molar-refractivity contribution is -0.118. The van der Waals surface area contributed by atoms with Crippen LogP contribution in [0.2, 0.25) is 0 Å². The lowest BCUT2D eigenvalue weighted by Gasteiger charge is -2.10. The first-order valence-corrected chi connectivity index (χ1v) is 9.00. The molecule has 3 aromatic rings. The number of nitriles is 1. The molecule has 0 bridgehead atoms. The molecule has 27 heavy (non-hydrogen) atoms. The van der Waals surface area contributed by atoms with Crippen molar-refractivity contribution in [2.75, 3.05) is 19.0 Å². The van der Waals surface area contributed by atoms with Crippen molar-refractivity contribution in [2.45, 2.75) is 6.92 Å². The van der Waals surface area contributed by atoms with Crippen LogP contribution in [-0.2, 0) is 4.79 Å². The molecule has 2 aromatic carbocycles. The molecule has 0 aliphatic heterocycles. The maximum absolute atomic E-state index is 12.1. The largest absolute Gasteiger partial charge is 0.493 e. The number of anilines is 1. The number of carbonyl (C=O) groups is 1. The van der Waals surface area contributed by atoms with Gasteiger partial charge >= 0.3 is 0 Å². The minimum Gasteiger partial charge on any atom is -0.493 e. The highest BCUT2D eigenvalue weighted by Crippen LogP contribution is 2.28. The molecule has 136 valence electrons. The Balaban J connectivity index is 1.60. The van der Waals surface area contributed by atoms with Crippen LogP contribution in [0, 0.1) is 18.3 Å². The number of amides is 1. The van der Waals surface area contributed by atoms with Gasteiger partial charge in [-0.05, 0) is 19.1 Å². The summed E-state index contributed by atoms with van der Waals surface area (Å²) in [6.45, 7) is 1.83. The summed E-state index contributed by atoms with van der Waals surface area (Å²) in [7, 11) is 1.48. The van der Waals surface area contributed by atoms with E-state index in [0.29, 0.717) is 22.2 Å². The second-order valence-electron chi connectivity index (χ2n) is 5.72. The van der Waals surface area contributed by atoms with Gasteiger partial charge in [-0.2, -0.15) is 5.26 Å². The predicted octanol–water partition coefficient (Wildman–Crippen LogP) is 4.02. The molecule has 0 spiro atoms. The van der Waals surface area contributed by atoms with E-state index in [1.54, 1.807) is 18.2 Å². The van der Waals surface area contributed by atoms with Gasteiger partial charge in [0.25, 0.3) is 5.91 Å². The van der Waals surface area contributed by atoms with Crippen LogP contribution in [0.15, 0.2) is 47.8 Å². The van der Waals surface area contributed by atoms with Crippen LogP contribution in [0.5, 0.6) is 11.5 Å². The van der Waals surface area contributed by atoms with E-state index in [4.69, 9.17) is 14.7 Å². The number of rotatable bonds is 6. The van der Waals surface area contributed by atoms with Gasteiger partial charge in [0, 0.05) is 17.0 Å². The molecule has 6 nitrogen and oxygen atoms in total. The van der Waals surface area contributed by atoms with Gasteiger partial charge in [-0.25, -0.2) is 4.98 Å². The van der Waals surface area contributed by atoms with Crippen LogP contribution >= 0.6 is 11.3 Å². The van der Waals surface area contributed by atoms with Crippen molar-refractivity contribution in [2.24, 2.45) is 0 Å². The molecule has 7 heteroatoms. The molecule has 3 rings (SSSR count). The van der Waals surface area contributed by atoms with E-state index in [-0.39, 0.29) is 12.5 Å². The van der Waals surface area contributed by atoms with Crippen molar-refractivity contribution in [1.29, 1.82) is 5.26 Å². The first kappa shape index (κ1) is 18.4. The molecule has 0 saturated carbocycles. The Morgan fingerprint density at radius 2 is 2.00 bits per heavy atom. The Labute approximate surface area is 161 Å². The number of thiazole rings is 1. The minimum absolute atomic E-state index is 0.193. The summed E-state index contributed by atoms with van der Waals surface area (Å²) < 4.78 is 10.7. The van der Waals surface area contributed by atoms with Crippen molar-refractivity contribution in [3.8, 4) is 28.8 Å². The number of nitrogens with one attached hydrogen (secondary N) is 1. The maximum atomic E-state index is 12.1. The van der Waals surface area contributed by atoms with E-state index < -0.39 is 0 Å². The van der Waals surface area contributed by atoms with Crippen LogP contribution in [0.25, 0.3) is 11.3 Å². The van der Waals surface area contributed by atoms with Crippen molar-refractivity contribution in [3.63, 3.8) is 0 Å². The third-order valence-electron chi connectivity index (χ3n) is 3.75. The van der Waals surface area contributed by atoms with Crippen LogP contribution in [0.4, 0.5) is 5.13 Å². The zero-order valence-corrected chi connectivity index (χ0v) is 15.7. The number of ether oxygens (including phenoxy) is 2. The molecule has 0 aliphatic rings. The van der Waals surface area contributed by atoms with Crippen LogP contribution < -0.4 is 14.8 Å². The third kappa shape index (κ3) is 4.63. The zero-order valence-electron chi connectivity index (χ0n) is 14.9. The average molecular weight is 379 g/mol. The summed E-state index contributed by atoms with van der Waals surface area (Å²) in [4.78, 5) is 16.6. The van der Waals surface area contributed by atoms with Gasteiger partial charge in [-0.3, -0.25) is 10.1 Å². The molecule has 0 fully saturated rings. The second kappa shape index (κ2) is 8.34. The highest BCUT2D eigenvalue weighted by Gasteiger charge is 2.11. The minimum atomic E-state index is -0.328. The highest BCUT2D eigenvalue weighted by molar-refractivity contribution is 7.14. The number of aromatic nitrogens is 1. The quantitative estimate of drug-likeness (QED) is 0.699. The SMILES string of the molecule is COc1cc(C#N)ccc1OCC(=O)Nc1nc(-c2ccc(C)cc2)cs1. The van der Waals surface area contributed by atoms with Crippen molar-refractivity contribution >= 4 is 22.4 Å². The summed E-state index contributed by atoms with van der Waals surface area (Å²) >= 11 is 1.35. The monoisotopic (exact) mass is 379 g/mol. The molecule has 0 radical (unpaired) electrons. The molecular formula is C20H17N3O3S. The van der Waals surface area contributed by atoms with E-state index in [1.165, 1.54) is 24.0 Å². The van der Waals surface area contributed by atoms with Crippen LogP contribution in [-0.4, -0.2) is 24.6 Å². The van der Waals surface area contributed by atoms with Gasteiger partial charge in [0.2, 0.25) is 0 Å². The summed E-state index contributed by atoms with van der Waals surface area (Å²) in [6.07, 6.45) is 0. The fourth-order valence-electron chi connectivity index (χ4n) is 2.34. The van der Waals surface area contributed by atoms with Gasteiger partial charge in [0.15, 0.2) is 23.2 Å². The number of hydrogen-bond donors (Lipinski definition) is 1. The lowest BCUT2D eigenvalue weighted by atomic mass is 10.1. The number of benzene rings is 2. The summed E-state index contributed by atoms with van der Waals surface area (Å²) in [5.74, 6) is 0.468.